The Hall–Kier alpha value is -6.52. The van der Waals surface area contributed by atoms with Gasteiger partial charge in [-0.2, -0.15) is 0 Å². The highest BCUT2D eigenvalue weighted by molar-refractivity contribution is 6.19. The predicted molar refractivity (Wildman–Crippen MR) is 210 cm³/mol. The lowest BCUT2D eigenvalue weighted by Gasteiger charge is -2.43. The number of hydrogen-bond acceptors (Lipinski definition) is 1. The number of nitrogens with zero attached hydrogens (tertiary/aromatic N) is 3. The van der Waals surface area contributed by atoms with Gasteiger partial charge < -0.3 is 9.13 Å². The summed E-state index contributed by atoms with van der Waals surface area (Å²) in [6, 6.07) is 52.3. The minimum absolute atomic E-state index is 0.0433. The second-order valence-corrected chi connectivity index (χ2v) is 13.2. The van der Waals surface area contributed by atoms with Crippen LogP contribution in [0.15, 0.2) is 175 Å². The molecule has 6 aromatic carbocycles. The molecule has 10 rings (SSSR count). The number of benzene rings is 6. The van der Waals surface area contributed by atoms with E-state index in [4.69, 9.17) is 5.41 Å². The molecule has 0 radical (unpaired) electrons. The maximum atomic E-state index is 7.81. The Bertz CT molecular complexity index is 2710. The topological polar surface area (TPSA) is 46.1 Å². The minimum atomic E-state index is 0.0433. The summed E-state index contributed by atoms with van der Waals surface area (Å²) >= 11 is 0. The van der Waals surface area contributed by atoms with Gasteiger partial charge in [-0.05, 0) is 76.4 Å². The highest BCUT2D eigenvalue weighted by Gasteiger charge is 2.44. The largest absolute Gasteiger partial charge is 0.309 e. The van der Waals surface area contributed by atoms with Crippen molar-refractivity contribution < 1.29 is 0 Å². The molecular weight excluding hydrogens is 609 g/mol. The molecular formula is C46H32N4. The van der Waals surface area contributed by atoms with Crippen LogP contribution in [0.2, 0.25) is 0 Å². The molecule has 0 bridgehead atoms. The van der Waals surface area contributed by atoms with Crippen molar-refractivity contribution in [2.75, 3.05) is 0 Å². The molecule has 0 saturated heterocycles. The van der Waals surface area contributed by atoms with E-state index in [0.717, 1.165) is 40.1 Å². The maximum Gasteiger partial charge on any atom is 0.107 e. The molecule has 4 nitrogen and oxygen atoms in total. The van der Waals surface area contributed by atoms with Crippen molar-refractivity contribution in [2.45, 2.75) is 0 Å². The second kappa shape index (κ2) is 11.0. The number of fused-ring (bicyclic) bond motifs is 7. The van der Waals surface area contributed by atoms with Crippen LogP contribution in [0.1, 0.15) is 11.1 Å². The van der Waals surface area contributed by atoms with Crippen LogP contribution >= 0.6 is 0 Å². The smallest absolute Gasteiger partial charge is 0.107 e. The number of para-hydroxylation sites is 4. The fourth-order valence-corrected chi connectivity index (χ4v) is 8.41. The summed E-state index contributed by atoms with van der Waals surface area (Å²) in [7, 11) is 0. The van der Waals surface area contributed by atoms with E-state index in [1.165, 1.54) is 54.8 Å². The first kappa shape index (κ1) is 28.5. The van der Waals surface area contributed by atoms with Crippen LogP contribution in [-0.4, -0.2) is 21.2 Å². The van der Waals surface area contributed by atoms with E-state index in [1.807, 2.05) is 0 Å². The molecule has 4 heteroatoms. The van der Waals surface area contributed by atoms with Gasteiger partial charge in [0, 0.05) is 44.8 Å². The first-order valence-electron chi connectivity index (χ1n) is 17.1. The van der Waals surface area contributed by atoms with E-state index in [-0.39, 0.29) is 11.8 Å². The maximum absolute atomic E-state index is 7.81. The van der Waals surface area contributed by atoms with Crippen LogP contribution in [0.5, 0.6) is 0 Å². The van der Waals surface area contributed by atoms with Gasteiger partial charge >= 0.3 is 0 Å². The highest BCUT2D eigenvalue weighted by Crippen LogP contribution is 2.51. The summed E-state index contributed by atoms with van der Waals surface area (Å²) in [5.74, 6) is 0.152. The first-order valence-corrected chi connectivity index (χ1v) is 17.1. The van der Waals surface area contributed by atoms with Crippen LogP contribution in [-0.2, 0) is 0 Å². The van der Waals surface area contributed by atoms with Gasteiger partial charge in [-0.1, -0.05) is 116 Å². The SMILES string of the molecule is C=C1C(=NC=N)C2C(c3cccc(-n4c5ccccc5c5ccccc54)c3)=CC(c3cccc(-n4c5ccccc5c5ccccc54)c3)=C[C@@H]12. The van der Waals surface area contributed by atoms with Crippen molar-refractivity contribution >= 4 is 66.8 Å². The number of rotatable bonds is 5. The summed E-state index contributed by atoms with van der Waals surface area (Å²) in [5, 5.41) is 12.8. The Balaban J connectivity index is 1.13. The zero-order valence-corrected chi connectivity index (χ0v) is 27.3. The molecule has 0 aliphatic heterocycles. The lowest BCUT2D eigenvalue weighted by Crippen LogP contribution is -2.41. The van der Waals surface area contributed by atoms with Crippen molar-refractivity contribution in [1.82, 2.24) is 9.13 Å². The van der Waals surface area contributed by atoms with Crippen LogP contribution in [0.4, 0.5) is 0 Å². The molecule has 1 fully saturated rings. The van der Waals surface area contributed by atoms with Crippen LogP contribution in [0, 0.1) is 17.2 Å². The zero-order valence-electron chi connectivity index (χ0n) is 27.3. The molecule has 1 saturated carbocycles. The standard InChI is InChI=1S/C46H32N4/c1-29-39-26-32(30-12-10-14-33(24-30)49-41-20-6-2-16-35(41)36-17-3-7-21-42(36)49)27-40(45(39)46(29)48-28-47)31-13-11-15-34(25-31)50-43-22-8-4-18-37(43)38-19-5-9-23-44(38)50/h2-28,39,45,47H,1H2/t39-,45?/m0/s1. The lowest BCUT2D eigenvalue weighted by molar-refractivity contribution is 0.635. The zero-order chi connectivity index (χ0) is 33.3. The predicted octanol–water partition coefficient (Wildman–Crippen LogP) is 11.2. The number of hydrogen-bond donors (Lipinski definition) is 1. The summed E-state index contributed by atoms with van der Waals surface area (Å²) < 4.78 is 4.74. The average Bonchev–Trinajstić information content (AvgIpc) is 3.70. The Labute approximate surface area is 289 Å². The number of allylic oxidation sites excluding steroid dienone is 5. The lowest BCUT2D eigenvalue weighted by atomic mass is 9.60. The van der Waals surface area contributed by atoms with E-state index >= 15 is 0 Å². The van der Waals surface area contributed by atoms with Crippen molar-refractivity contribution in [2.24, 2.45) is 16.8 Å². The van der Waals surface area contributed by atoms with Gasteiger partial charge in [-0.3, -0.25) is 5.41 Å². The molecule has 0 spiro atoms. The molecule has 2 aliphatic rings. The van der Waals surface area contributed by atoms with Crippen LogP contribution in [0.25, 0.3) is 66.1 Å². The fraction of sp³-hybridized carbons (Fsp3) is 0.0435. The monoisotopic (exact) mass is 640 g/mol. The molecule has 2 aliphatic carbocycles. The second-order valence-electron chi connectivity index (χ2n) is 13.2. The number of aromatic nitrogens is 2. The van der Waals surface area contributed by atoms with E-state index in [0.29, 0.717) is 0 Å². The third-order valence-corrected chi connectivity index (χ3v) is 10.6. The summed E-state index contributed by atoms with van der Waals surface area (Å²) in [4.78, 5) is 4.51. The molecule has 1 N–H and O–H groups in total. The van der Waals surface area contributed by atoms with Gasteiger partial charge in [0.2, 0.25) is 0 Å². The highest BCUT2D eigenvalue weighted by atomic mass is 15.0. The molecule has 2 atom stereocenters. The molecule has 50 heavy (non-hydrogen) atoms. The minimum Gasteiger partial charge on any atom is -0.309 e. The molecule has 0 amide bonds. The van der Waals surface area contributed by atoms with Gasteiger partial charge in [-0.25, -0.2) is 4.99 Å². The van der Waals surface area contributed by atoms with Crippen molar-refractivity contribution in [1.29, 1.82) is 5.41 Å². The van der Waals surface area contributed by atoms with E-state index in [1.54, 1.807) is 0 Å². The summed E-state index contributed by atoms with van der Waals surface area (Å²) in [6.45, 7) is 4.44. The van der Waals surface area contributed by atoms with E-state index in [2.05, 4.69) is 178 Å². The number of nitrogens with one attached hydrogen (secondary N) is 1. The first-order chi connectivity index (χ1) is 24.7. The van der Waals surface area contributed by atoms with Gasteiger partial charge in [0.05, 0.1) is 27.8 Å². The third kappa shape index (κ3) is 4.12. The number of aliphatic imine (C=N–C) groups is 1. The fourth-order valence-electron chi connectivity index (χ4n) is 8.41. The quantitative estimate of drug-likeness (QED) is 0.144. The Morgan fingerprint density at radius 2 is 1.02 bits per heavy atom. The molecule has 8 aromatic rings. The Morgan fingerprint density at radius 3 is 1.52 bits per heavy atom. The van der Waals surface area contributed by atoms with Gasteiger partial charge in [0.25, 0.3) is 0 Å². The third-order valence-electron chi connectivity index (χ3n) is 10.6. The average molecular weight is 641 g/mol. The van der Waals surface area contributed by atoms with Gasteiger partial charge in [0.15, 0.2) is 0 Å². The van der Waals surface area contributed by atoms with Crippen molar-refractivity contribution in [3.8, 4) is 11.4 Å². The summed E-state index contributed by atoms with van der Waals surface area (Å²) in [6.07, 6.45) is 5.83. The van der Waals surface area contributed by atoms with Gasteiger partial charge in [-0.15, -0.1) is 0 Å². The van der Waals surface area contributed by atoms with Crippen LogP contribution < -0.4 is 0 Å². The molecule has 2 heterocycles. The Morgan fingerprint density at radius 1 is 0.560 bits per heavy atom. The van der Waals surface area contributed by atoms with Crippen molar-refractivity contribution in [3.05, 3.63) is 181 Å². The van der Waals surface area contributed by atoms with E-state index in [9.17, 15) is 0 Å². The molecule has 1 unspecified atom stereocenters. The van der Waals surface area contributed by atoms with Gasteiger partial charge in [0.1, 0.15) is 6.34 Å². The van der Waals surface area contributed by atoms with Crippen molar-refractivity contribution in [3.63, 3.8) is 0 Å². The normalized spacial score (nSPS) is 18.0. The molecule has 2 aromatic heterocycles. The van der Waals surface area contributed by atoms with Crippen LogP contribution in [0.3, 0.4) is 0 Å². The molecule has 236 valence electrons. The summed E-state index contributed by atoms with van der Waals surface area (Å²) in [5.41, 5.74) is 13.6. The Kier molecular flexibility index (Phi) is 6.27. The van der Waals surface area contributed by atoms with E-state index < -0.39 is 0 Å².